The summed E-state index contributed by atoms with van der Waals surface area (Å²) in [6, 6.07) is 0. The molecular formula is C15H24. The van der Waals surface area contributed by atoms with Gasteiger partial charge in [0.1, 0.15) is 0 Å². The summed E-state index contributed by atoms with van der Waals surface area (Å²) in [7, 11) is 0. The molecule has 0 amide bonds. The van der Waals surface area contributed by atoms with Gasteiger partial charge in [-0.25, -0.2) is 0 Å². The van der Waals surface area contributed by atoms with Gasteiger partial charge in [0.25, 0.3) is 0 Å². The van der Waals surface area contributed by atoms with Crippen LogP contribution in [0.4, 0.5) is 0 Å². The first-order valence-corrected chi connectivity index (χ1v) is 6.64. The minimum absolute atomic E-state index is 0.866. The Balaban J connectivity index is 2.13. The summed E-state index contributed by atoms with van der Waals surface area (Å²) in [4.78, 5) is 0. The molecule has 0 saturated heterocycles. The van der Waals surface area contributed by atoms with Crippen LogP contribution in [0.1, 0.15) is 52.4 Å². The summed E-state index contributed by atoms with van der Waals surface area (Å²) in [5, 5.41) is 0. The van der Waals surface area contributed by atoms with Gasteiger partial charge in [0.05, 0.1) is 0 Å². The van der Waals surface area contributed by atoms with Crippen LogP contribution in [0.25, 0.3) is 0 Å². The third-order valence-corrected chi connectivity index (χ3v) is 4.20. The van der Waals surface area contributed by atoms with E-state index in [0.717, 1.165) is 17.8 Å². The fraction of sp³-hybridized carbons (Fsp3) is 0.733. The second kappa shape index (κ2) is 5.01. The minimum Gasteiger partial charge on any atom is -0.0845 e. The topological polar surface area (TPSA) is 0 Å². The summed E-state index contributed by atoms with van der Waals surface area (Å²) >= 11 is 0. The molecule has 2 atom stereocenters. The van der Waals surface area contributed by atoms with E-state index in [1.807, 2.05) is 0 Å². The van der Waals surface area contributed by atoms with Gasteiger partial charge in [-0.05, 0) is 49.9 Å². The highest BCUT2D eigenvalue weighted by atomic mass is 14.4. The Morgan fingerprint density at radius 1 is 1.20 bits per heavy atom. The van der Waals surface area contributed by atoms with Crippen LogP contribution >= 0.6 is 0 Å². The van der Waals surface area contributed by atoms with Gasteiger partial charge in [-0.15, -0.1) is 0 Å². The molecule has 15 heavy (non-hydrogen) atoms. The maximum atomic E-state index is 2.42. The smallest absolute Gasteiger partial charge is 0.0169 e. The first-order valence-electron chi connectivity index (χ1n) is 6.64. The molecule has 0 N–H and O–H groups in total. The van der Waals surface area contributed by atoms with Crippen LogP contribution in [0.3, 0.4) is 0 Å². The van der Waals surface area contributed by atoms with E-state index in [2.05, 4.69) is 32.1 Å². The summed E-state index contributed by atoms with van der Waals surface area (Å²) in [5.41, 5.74) is 1.74. The molecule has 0 heterocycles. The van der Waals surface area contributed by atoms with Crippen molar-refractivity contribution < 1.29 is 0 Å². The van der Waals surface area contributed by atoms with Gasteiger partial charge in [-0.3, -0.25) is 0 Å². The van der Waals surface area contributed by atoms with Crippen LogP contribution in [-0.2, 0) is 0 Å². The molecule has 0 nitrogen and oxygen atoms in total. The van der Waals surface area contributed by atoms with Crippen LogP contribution in [0, 0.1) is 17.8 Å². The van der Waals surface area contributed by atoms with Crippen molar-refractivity contribution in [3.63, 3.8) is 0 Å². The Morgan fingerprint density at radius 3 is 2.87 bits per heavy atom. The summed E-state index contributed by atoms with van der Waals surface area (Å²) in [6.45, 7) is 4.80. The van der Waals surface area contributed by atoms with E-state index in [-0.39, 0.29) is 0 Å². The zero-order valence-electron chi connectivity index (χ0n) is 10.2. The van der Waals surface area contributed by atoms with Gasteiger partial charge in [0, 0.05) is 0 Å². The van der Waals surface area contributed by atoms with Gasteiger partial charge >= 0.3 is 0 Å². The maximum Gasteiger partial charge on any atom is -0.0169 e. The average Bonchev–Trinajstić information content (AvgIpc) is 2.61. The molecule has 0 bridgehead atoms. The fourth-order valence-corrected chi connectivity index (χ4v) is 3.31. The average molecular weight is 204 g/mol. The standard InChI is InChI=1S/C15H24/c1-12(2)14-11-10-13-8-6-4-3-5-7-9-15(13)14/h4,6,8,12,14-15H,3,5,7,9-11H2,1-2H3/b6-4-,13-8-. The second-order valence-electron chi connectivity index (χ2n) is 5.51. The molecule has 2 unspecified atom stereocenters. The number of hydrogen-bond donors (Lipinski definition) is 0. The molecule has 84 valence electrons. The number of rotatable bonds is 1. The van der Waals surface area contributed by atoms with Gasteiger partial charge < -0.3 is 0 Å². The largest absolute Gasteiger partial charge is 0.0845 e. The Hall–Kier alpha value is -0.520. The van der Waals surface area contributed by atoms with Crippen molar-refractivity contribution >= 4 is 0 Å². The van der Waals surface area contributed by atoms with Crippen molar-refractivity contribution in [3.05, 3.63) is 23.8 Å². The minimum atomic E-state index is 0.866. The van der Waals surface area contributed by atoms with E-state index < -0.39 is 0 Å². The fourth-order valence-electron chi connectivity index (χ4n) is 3.31. The SMILES string of the molecule is CC(C)C1CC/C2=C/C=C\CCCCC21. The van der Waals surface area contributed by atoms with Crippen LogP contribution in [-0.4, -0.2) is 0 Å². The zero-order chi connectivity index (χ0) is 10.7. The van der Waals surface area contributed by atoms with Gasteiger partial charge in [0.15, 0.2) is 0 Å². The molecule has 0 spiro atoms. The van der Waals surface area contributed by atoms with Crippen molar-refractivity contribution in [1.29, 1.82) is 0 Å². The highest BCUT2D eigenvalue weighted by Crippen LogP contribution is 2.43. The van der Waals surface area contributed by atoms with Crippen LogP contribution in [0.2, 0.25) is 0 Å². The number of hydrogen-bond acceptors (Lipinski definition) is 0. The van der Waals surface area contributed by atoms with Crippen molar-refractivity contribution in [3.8, 4) is 0 Å². The lowest BCUT2D eigenvalue weighted by atomic mass is 9.82. The zero-order valence-corrected chi connectivity index (χ0v) is 10.2. The molecule has 0 heteroatoms. The van der Waals surface area contributed by atoms with Crippen molar-refractivity contribution in [1.82, 2.24) is 0 Å². The molecule has 0 aliphatic heterocycles. The number of allylic oxidation sites excluding steroid dienone is 4. The van der Waals surface area contributed by atoms with E-state index >= 15 is 0 Å². The lowest BCUT2D eigenvalue weighted by molar-refractivity contribution is 0.297. The first kappa shape index (κ1) is 11.0. The van der Waals surface area contributed by atoms with Crippen LogP contribution in [0.15, 0.2) is 23.8 Å². The highest BCUT2D eigenvalue weighted by Gasteiger charge is 2.32. The van der Waals surface area contributed by atoms with Crippen molar-refractivity contribution in [2.45, 2.75) is 52.4 Å². The lowest BCUT2D eigenvalue weighted by Gasteiger charge is -2.23. The molecule has 1 fully saturated rings. The molecule has 0 aromatic heterocycles. The van der Waals surface area contributed by atoms with E-state index in [1.54, 1.807) is 5.57 Å². The summed E-state index contributed by atoms with van der Waals surface area (Å²) in [5.74, 6) is 2.74. The Morgan fingerprint density at radius 2 is 2.07 bits per heavy atom. The third-order valence-electron chi connectivity index (χ3n) is 4.20. The Bertz CT molecular complexity index is 257. The van der Waals surface area contributed by atoms with Crippen LogP contribution < -0.4 is 0 Å². The lowest BCUT2D eigenvalue weighted by Crippen LogP contribution is -2.15. The summed E-state index contributed by atoms with van der Waals surface area (Å²) in [6.07, 6.45) is 15.4. The molecule has 0 aromatic rings. The maximum absolute atomic E-state index is 2.42. The molecule has 0 aromatic carbocycles. The molecular weight excluding hydrogens is 180 g/mol. The monoisotopic (exact) mass is 204 g/mol. The van der Waals surface area contributed by atoms with Gasteiger partial charge in [0.2, 0.25) is 0 Å². The van der Waals surface area contributed by atoms with Gasteiger partial charge in [-0.2, -0.15) is 0 Å². The predicted molar refractivity (Wildman–Crippen MR) is 66.7 cm³/mol. The van der Waals surface area contributed by atoms with E-state index in [4.69, 9.17) is 0 Å². The Kier molecular flexibility index (Phi) is 3.66. The van der Waals surface area contributed by atoms with Crippen molar-refractivity contribution in [2.24, 2.45) is 17.8 Å². The molecule has 1 saturated carbocycles. The highest BCUT2D eigenvalue weighted by molar-refractivity contribution is 5.20. The van der Waals surface area contributed by atoms with Gasteiger partial charge in [-0.1, -0.05) is 44.1 Å². The predicted octanol–water partition coefficient (Wildman–Crippen LogP) is 4.73. The van der Waals surface area contributed by atoms with Crippen LogP contribution in [0.5, 0.6) is 0 Å². The van der Waals surface area contributed by atoms with Crippen molar-refractivity contribution in [2.75, 3.05) is 0 Å². The molecule has 0 radical (unpaired) electrons. The molecule has 2 aliphatic rings. The molecule has 2 aliphatic carbocycles. The molecule has 2 rings (SSSR count). The quantitative estimate of drug-likeness (QED) is 0.579. The normalized spacial score (nSPS) is 37.4. The van der Waals surface area contributed by atoms with E-state index in [9.17, 15) is 0 Å². The third kappa shape index (κ3) is 2.53. The number of fused-ring (bicyclic) bond motifs is 1. The van der Waals surface area contributed by atoms with E-state index in [0.29, 0.717) is 0 Å². The van der Waals surface area contributed by atoms with E-state index in [1.165, 1.54) is 38.5 Å². The Labute approximate surface area is 94.5 Å². The summed E-state index contributed by atoms with van der Waals surface area (Å²) < 4.78 is 0. The second-order valence-corrected chi connectivity index (χ2v) is 5.51. The first-order chi connectivity index (χ1) is 7.29.